The van der Waals surface area contributed by atoms with E-state index < -0.39 is 0 Å². The van der Waals surface area contributed by atoms with Crippen LogP contribution in [-0.4, -0.2) is 28.9 Å². The Morgan fingerprint density at radius 2 is 1.64 bits per heavy atom. The molecule has 3 heterocycles. The summed E-state index contributed by atoms with van der Waals surface area (Å²) in [7, 11) is 0. The lowest BCUT2D eigenvalue weighted by Gasteiger charge is -2.15. The van der Waals surface area contributed by atoms with Crippen LogP contribution >= 0.6 is 0 Å². The molecule has 2 aromatic carbocycles. The molecule has 7 heteroatoms. The molecule has 0 saturated carbocycles. The Morgan fingerprint density at radius 3 is 2.39 bits per heavy atom. The summed E-state index contributed by atoms with van der Waals surface area (Å²) in [5.74, 6) is 0. The molecule has 5 aromatic rings. The molecule has 0 aliphatic rings. The van der Waals surface area contributed by atoms with Gasteiger partial charge in [-0.05, 0) is 38.1 Å². The zero-order valence-electron chi connectivity index (χ0n) is 15.5. The Hall–Kier alpha value is -3.74. The van der Waals surface area contributed by atoms with Crippen molar-refractivity contribution in [1.29, 1.82) is 0 Å². The summed E-state index contributed by atoms with van der Waals surface area (Å²) in [6.45, 7) is 4.02. The minimum atomic E-state index is -0.0815. The highest BCUT2D eigenvalue weighted by Crippen LogP contribution is 2.26. The molecular formula is C21H18N6O. The Labute approximate surface area is 160 Å². The average molecular weight is 370 g/mol. The number of nitrogens with zero attached hydrogens (tertiary/aromatic N) is 6. The van der Waals surface area contributed by atoms with Crippen molar-refractivity contribution in [3.8, 4) is 17.1 Å². The van der Waals surface area contributed by atoms with Gasteiger partial charge in [-0.25, -0.2) is 9.67 Å². The molecule has 0 unspecified atom stereocenters. The van der Waals surface area contributed by atoms with Gasteiger partial charge in [0.2, 0.25) is 0 Å². The molecule has 0 amide bonds. The smallest absolute Gasteiger partial charge is 0.277 e. The first-order chi connectivity index (χ1) is 13.7. The molecule has 5 rings (SSSR count). The van der Waals surface area contributed by atoms with Crippen molar-refractivity contribution >= 4 is 16.6 Å². The predicted molar refractivity (Wildman–Crippen MR) is 108 cm³/mol. The largest absolute Gasteiger partial charge is 0.302 e. The molecular weight excluding hydrogens is 352 g/mol. The Bertz CT molecular complexity index is 1360. The minimum Gasteiger partial charge on any atom is -0.302 e. The molecule has 0 saturated heterocycles. The van der Waals surface area contributed by atoms with Crippen LogP contribution in [0.4, 0.5) is 0 Å². The second-order valence-corrected chi connectivity index (χ2v) is 6.94. The fourth-order valence-electron chi connectivity index (χ4n) is 3.69. The van der Waals surface area contributed by atoms with E-state index in [-0.39, 0.29) is 11.6 Å². The highest BCUT2D eigenvalue weighted by molar-refractivity contribution is 5.84. The maximum atomic E-state index is 13.5. The quantitative estimate of drug-likeness (QED) is 0.488. The first-order valence-electron chi connectivity index (χ1n) is 9.13. The SMILES string of the molecule is CC(C)n1c(=O)c2c(-c3cnnn3-c3ccccc3)ncn2c2ccccc21. The highest BCUT2D eigenvalue weighted by Gasteiger charge is 2.21. The summed E-state index contributed by atoms with van der Waals surface area (Å²) in [5.41, 5.74) is 4.36. The number of benzene rings is 2. The summed E-state index contributed by atoms with van der Waals surface area (Å²) in [5, 5.41) is 8.27. The number of para-hydroxylation sites is 3. The third-order valence-corrected chi connectivity index (χ3v) is 4.90. The van der Waals surface area contributed by atoms with Crippen LogP contribution in [0.5, 0.6) is 0 Å². The molecule has 0 aliphatic heterocycles. The summed E-state index contributed by atoms with van der Waals surface area (Å²) in [6, 6.07) is 17.6. The standard InChI is InChI=1S/C21H18N6O/c1-14(2)26-17-11-7-6-10-16(17)25-13-22-19(20(25)21(26)28)18-12-23-24-27(18)15-8-4-3-5-9-15/h3-14H,1-2H3. The molecule has 0 aliphatic carbocycles. The second kappa shape index (κ2) is 6.16. The van der Waals surface area contributed by atoms with E-state index in [9.17, 15) is 4.79 Å². The third-order valence-electron chi connectivity index (χ3n) is 4.90. The maximum Gasteiger partial charge on any atom is 0.277 e. The fourth-order valence-corrected chi connectivity index (χ4v) is 3.69. The summed E-state index contributed by atoms with van der Waals surface area (Å²) < 4.78 is 5.37. The van der Waals surface area contributed by atoms with Crippen molar-refractivity contribution in [2.45, 2.75) is 19.9 Å². The number of aromatic nitrogens is 6. The monoisotopic (exact) mass is 370 g/mol. The van der Waals surface area contributed by atoms with Gasteiger partial charge < -0.3 is 4.57 Å². The number of imidazole rings is 1. The normalized spacial score (nSPS) is 11.7. The second-order valence-electron chi connectivity index (χ2n) is 6.94. The lowest BCUT2D eigenvalue weighted by atomic mass is 10.2. The van der Waals surface area contributed by atoms with E-state index in [2.05, 4.69) is 15.3 Å². The van der Waals surface area contributed by atoms with Gasteiger partial charge >= 0.3 is 0 Å². The van der Waals surface area contributed by atoms with Crippen LogP contribution in [0.3, 0.4) is 0 Å². The maximum absolute atomic E-state index is 13.5. The molecule has 0 fully saturated rings. The minimum absolute atomic E-state index is 0.0160. The van der Waals surface area contributed by atoms with Gasteiger partial charge in [-0.1, -0.05) is 35.5 Å². The first kappa shape index (κ1) is 16.4. The molecule has 0 radical (unpaired) electrons. The zero-order chi connectivity index (χ0) is 19.3. The topological polar surface area (TPSA) is 70.0 Å². The van der Waals surface area contributed by atoms with Gasteiger partial charge in [0.15, 0.2) is 0 Å². The first-order valence-corrected chi connectivity index (χ1v) is 9.13. The van der Waals surface area contributed by atoms with Crippen LogP contribution in [0.2, 0.25) is 0 Å². The predicted octanol–water partition coefficient (Wildman–Crippen LogP) is 3.48. The van der Waals surface area contributed by atoms with Gasteiger partial charge in [-0.15, -0.1) is 5.10 Å². The Morgan fingerprint density at radius 1 is 0.929 bits per heavy atom. The van der Waals surface area contributed by atoms with Crippen LogP contribution in [0.15, 0.2) is 71.9 Å². The van der Waals surface area contributed by atoms with Crippen molar-refractivity contribution in [2.24, 2.45) is 0 Å². The van der Waals surface area contributed by atoms with Crippen molar-refractivity contribution in [3.05, 3.63) is 77.5 Å². The lowest BCUT2D eigenvalue weighted by molar-refractivity contribution is 0.601. The molecule has 0 atom stereocenters. The average Bonchev–Trinajstić information content (AvgIpc) is 3.36. The Kier molecular flexibility index (Phi) is 3.61. The van der Waals surface area contributed by atoms with E-state index in [1.165, 1.54) is 0 Å². The van der Waals surface area contributed by atoms with Crippen LogP contribution in [0, 0.1) is 0 Å². The molecule has 138 valence electrons. The zero-order valence-corrected chi connectivity index (χ0v) is 15.5. The lowest BCUT2D eigenvalue weighted by Crippen LogP contribution is -2.24. The van der Waals surface area contributed by atoms with Crippen LogP contribution in [0.25, 0.3) is 33.6 Å². The molecule has 28 heavy (non-hydrogen) atoms. The van der Waals surface area contributed by atoms with Gasteiger partial charge in [0.05, 0.1) is 22.9 Å². The molecule has 3 aromatic heterocycles. The van der Waals surface area contributed by atoms with E-state index in [0.717, 1.165) is 16.7 Å². The van der Waals surface area contributed by atoms with Gasteiger partial charge in [-0.3, -0.25) is 9.20 Å². The number of rotatable bonds is 3. The van der Waals surface area contributed by atoms with E-state index in [1.807, 2.05) is 77.4 Å². The fraction of sp³-hybridized carbons (Fsp3) is 0.143. The molecule has 7 nitrogen and oxygen atoms in total. The van der Waals surface area contributed by atoms with Crippen LogP contribution < -0.4 is 5.56 Å². The van der Waals surface area contributed by atoms with Crippen molar-refractivity contribution < 1.29 is 0 Å². The van der Waals surface area contributed by atoms with Crippen molar-refractivity contribution in [3.63, 3.8) is 0 Å². The van der Waals surface area contributed by atoms with Gasteiger partial charge in [0.25, 0.3) is 5.56 Å². The van der Waals surface area contributed by atoms with Gasteiger partial charge in [-0.2, -0.15) is 0 Å². The van der Waals surface area contributed by atoms with Gasteiger partial charge in [0, 0.05) is 6.04 Å². The summed E-state index contributed by atoms with van der Waals surface area (Å²) >= 11 is 0. The Balaban J connectivity index is 1.88. The van der Waals surface area contributed by atoms with Gasteiger partial charge in [0.1, 0.15) is 23.2 Å². The van der Waals surface area contributed by atoms with Crippen molar-refractivity contribution in [2.75, 3.05) is 0 Å². The molecule has 0 bridgehead atoms. The van der Waals surface area contributed by atoms with E-state index in [0.29, 0.717) is 16.9 Å². The van der Waals surface area contributed by atoms with Crippen LogP contribution in [0.1, 0.15) is 19.9 Å². The molecule has 0 spiro atoms. The number of hydrogen-bond donors (Lipinski definition) is 0. The number of fused-ring (bicyclic) bond motifs is 3. The van der Waals surface area contributed by atoms with Crippen molar-refractivity contribution in [1.82, 2.24) is 28.9 Å². The van der Waals surface area contributed by atoms with Crippen LogP contribution in [-0.2, 0) is 0 Å². The summed E-state index contributed by atoms with van der Waals surface area (Å²) in [6.07, 6.45) is 3.34. The third kappa shape index (κ3) is 2.29. The van der Waals surface area contributed by atoms with E-state index in [1.54, 1.807) is 17.2 Å². The van der Waals surface area contributed by atoms with E-state index >= 15 is 0 Å². The number of hydrogen-bond acceptors (Lipinski definition) is 4. The molecule has 0 N–H and O–H groups in total. The van der Waals surface area contributed by atoms with E-state index in [4.69, 9.17) is 0 Å². The summed E-state index contributed by atoms with van der Waals surface area (Å²) in [4.78, 5) is 18.0. The highest BCUT2D eigenvalue weighted by atomic mass is 16.1.